The van der Waals surface area contributed by atoms with Gasteiger partial charge in [0.05, 0.1) is 0 Å². The number of carbonyl (C=O) groups is 1. The molecule has 0 bridgehead atoms. The minimum absolute atomic E-state index is 0.183. The number of ether oxygens (including phenoxy) is 1. The largest absolute Gasteiger partial charge is 0.504 e. The highest BCUT2D eigenvalue weighted by Gasteiger charge is 2.18. The third-order valence-corrected chi connectivity index (χ3v) is 3.01. The molecule has 2 rings (SSSR count). The molecule has 1 saturated carbocycles. The number of phenols is 2. The standard InChI is InChI=1S/C14H16O4/c1-9(15)18-14(10-4-2-3-5-10)11-6-7-12(16)13(17)8-11/h6-8,16-17H,2-5H2,1H3. The van der Waals surface area contributed by atoms with Crippen molar-refractivity contribution in [3.8, 4) is 11.5 Å². The topological polar surface area (TPSA) is 66.8 Å². The Kier molecular flexibility index (Phi) is 3.55. The zero-order valence-electron chi connectivity index (χ0n) is 10.3. The van der Waals surface area contributed by atoms with E-state index in [-0.39, 0.29) is 17.5 Å². The Morgan fingerprint density at radius 2 is 1.83 bits per heavy atom. The van der Waals surface area contributed by atoms with Crippen molar-refractivity contribution in [1.29, 1.82) is 0 Å². The summed E-state index contributed by atoms with van der Waals surface area (Å²) in [6, 6.07) is 4.45. The van der Waals surface area contributed by atoms with Gasteiger partial charge in [0.15, 0.2) is 11.5 Å². The van der Waals surface area contributed by atoms with Crippen LogP contribution in [0.5, 0.6) is 11.5 Å². The lowest BCUT2D eigenvalue weighted by Gasteiger charge is -2.12. The van der Waals surface area contributed by atoms with Gasteiger partial charge in [0.25, 0.3) is 0 Å². The van der Waals surface area contributed by atoms with E-state index < -0.39 is 0 Å². The van der Waals surface area contributed by atoms with Crippen molar-refractivity contribution in [2.24, 2.45) is 0 Å². The second kappa shape index (κ2) is 5.12. The number of hydrogen-bond donors (Lipinski definition) is 2. The Morgan fingerprint density at radius 1 is 1.17 bits per heavy atom. The maximum Gasteiger partial charge on any atom is 0.308 e. The number of hydrogen-bond acceptors (Lipinski definition) is 4. The lowest BCUT2D eigenvalue weighted by molar-refractivity contribution is -0.134. The smallest absolute Gasteiger partial charge is 0.308 e. The van der Waals surface area contributed by atoms with E-state index in [0.717, 1.165) is 31.3 Å². The van der Waals surface area contributed by atoms with Crippen LogP contribution in [-0.4, -0.2) is 16.2 Å². The minimum atomic E-state index is -0.378. The summed E-state index contributed by atoms with van der Waals surface area (Å²) in [6.07, 6.45) is 3.99. The van der Waals surface area contributed by atoms with Gasteiger partial charge in [0.2, 0.25) is 0 Å². The molecule has 0 amide bonds. The van der Waals surface area contributed by atoms with Crippen LogP contribution in [0.1, 0.15) is 38.2 Å². The molecule has 0 radical (unpaired) electrons. The third-order valence-electron chi connectivity index (χ3n) is 3.01. The molecule has 1 fully saturated rings. The summed E-state index contributed by atoms with van der Waals surface area (Å²) in [5.74, 6) is -0.250. The Morgan fingerprint density at radius 3 is 2.39 bits per heavy atom. The van der Waals surface area contributed by atoms with Crippen LogP contribution in [0, 0.1) is 0 Å². The van der Waals surface area contributed by atoms with Crippen molar-refractivity contribution in [2.45, 2.75) is 32.6 Å². The van der Waals surface area contributed by atoms with Crippen LogP contribution < -0.4 is 0 Å². The molecule has 1 aromatic rings. The van der Waals surface area contributed by atoms with Gasteiger partial charge in [-0.2, -0.15) is 0 Å². The lowest BCUT2D eigenvalue weighted by atomic mass is 10.1. The van der Waals surface area contributed by atoms with Gasteiger partial charge in [-0.05, 0) is 49.5 Å². The Hall–Kier alpha value is -1.97. The zero-order valence-corrected chi connectivity index (χ0v) is 10.3. The fourth-order valence-corrected chi connectivity index (χ4v) is 2.17. The van der Waals surface area contributed by atoms with E-state index in [1.165, 1.54) is 19.1 Å². The minimum Gasteiger partial charge on any atom is -0.504 e. The number of benzene rings is 1. The summed E-state index contributed by atoms with van der Waals surface area (Å²) < 4.78 is 5.26. The lowest BCUT2D eigenvalue weighted by Crippen LogP contribution is -2.01. The number of esters is 1. The summed E-state index contributed by atoms with van der Waals surface area (Å²) in [5.41, 5.74) is 1.72. The van der Waals surface area contributed by atoms with E-state index >= 15 is 0 Å². The molecule has 0 saturated heterocycles. The number of aromatic hydroxyl groups is 2. The fourth-order valence-electron chi connectivity index (χ4n) is 2.17. The predicted octanol–water partition coefficient (Wildman–Crippen LogP) is 2.95. The number of rotatable bonds is 2. The van der Waals surface area contributed by atoms with E-state index in [1.54, 1.807) is 6.07 Å². The Labute approximate surface area is 106 Å². The monoisotopic (exact) mass is 248 g/mol. The number of carbonyl (C=O) groups excluding carboxylic acids is 1. The average molecular weight is 248 g/mol. The van der Waals surface area contributed by atoms with Crippen molar-refractivity contribution in [2.75, 3.05) is 0 Å². The highest BCUT2D eigenvalue weighted by Crippen LogP contribution is 2.35. The molecular weight excluding hydrogens is 232 g/mol. The average Bonchev–Trinajstić information content (AvgIpc) is 2.83. The third kappa shape index (κ3) is 2.64. The molecule has 0 atom stereocenters. The highest BCUT2D eigenvalue weighted by molar-refractivity contribution is 5.78. The molecular formula is C14H16O4. The van der Waals surface area contributed by atoms with Crippen LogP contribution in [0.25, 0.3) is 5.76 Å². The molecule has 0 aliphatic heterocycles. The summed E-state index contributed by atoms with van der Waals surface area (Å²) in [7, 11) is 0. The predicted molar refractivity (Wildman–Crippen MR) is 66.9 cm³/mol. The Bertz CT molecular complexity index is 495. The molecule has 1 aromatic carbocycles. The van der Waals surface area contributed by atoms with Crippen molar-refractivity contribution in [3.63, 3.8) is 0 Å². The summed E-state index contributed by atoms with van der Waals surface area (Å²) in [6.45, 7) is 1.36. The van der Waals surface area contributed by atoms with E-state index in [4.69, 9.17) is 4.74 Å². The van der Waals surface area contributed by atoms with E-state index in [1.807, 2.05) is 0 Å². The van der Waals surface area contributed by atoms with Crippen molar-refractivity contribution >= 4 is 11.7 Å². The van der Waals surface area contributed by atoms with Crippen LogP contribution in [0.3, 0.4) is 0 Å². The molecule has 0 heterocycles. The maximum atomic E-state index is 11.2. The van der Waals surface area contributed by atoms with Gasteiger partial charge >= 0.3 is 5.97 Å². The van der Waals surface area contributed by atoms with Gasteiger partial charge in [-0.1, -0.05) is 0 Å². The number of allylic oxidation sites excluding steroid dienone is 1. The summed E-state index contributed by atoms with van der Waals surface area (Å²) in [4.78, 5) is 11.2. The first-order valence-corrected chi connectivity index (χ1v) is 6.00. The van der Waals surface area contributed by atoms with Crippen molar-refractivity contribution < 1.29 is 19.7 Å². The van der Waals surface area contributed by atoms with Crippen LogP contribution in [0.4, 0.5) is 0 Å². The second-order valence-corrected chi connectivity index (χ2v) is 4.44. The number of phenolic OH excluding ortho intramolecular Hbond substituents is 2. The molecule has 0 spiro atoms. The van der Waals surface area contributed by atoms with Crippen LogP contribution in [-0.2, 0) is 9.53 Å². The van der Waals surface area contributed by atoms with Gasteiger partial charge in [0, 0.05) is 12.5 Å². The molecule has 2 N–H and O–H groups in total. The molecule has 4 nitrogen and oxygen atoms in total. The molecule has 1 aliphatic rings. The van der Waals surface area contributed by atoms with Gasteiger partial charge in [-0.15, -0.1) is 0 Å². The first kappa shape index (κ1) is 12.5. The van der Waals surface area contributed by atoms with Crippen molar-refractivity contribution in [3.05, 3.63) is 29.3 Å². The molecule has 0 unspecified atom stereocenters. The van der Waals surface area contributed by atoms with Gasteiger partial charge in [0.1, 0.15) is 5.76 Å². The normalized spacial score (nSPS) is 14.6. The maximum absolute atomic E-state index is 11.2. The van der Waals surface area contributed by atoms with Crippen LogP contribution in [0.2, 0.25) is 0 Å². The fraction of sp³-hybridized carbons (Fsp3) is 0.357. The molecule has 0 aromatic heterocycles. The van der Waals surface area contributed by atoms with Crippen molar-refractivity contribution in [1.82, 2.24) is 0 Å². The van der Waals surface area contributed by atoms with Gasteiger partial charge < -0.3 is 14.9 Å². The summed E-state index contributed by atoms with van der Waals surface area (Å²) in [5, 5.41) is 18.8. The molecule has 1 aliphatic carbocycles. The second-order valence-electron chi connectivity index (χ2n) is 4.44. The zero-order chi connectivity index (χ0) is 13.1. The van der Waals surface area contributed by atoms with E-state index in [0.29, 0.717) is 11.3 Å². The summed E-state index contributed by atoms with van der Waals surface area (Å²) >= 11 is 0. The van der Waals surface area contributed by atoms with Crippen LogP contribution in [0.15, 0.2) is 23.8 Å². The molecule has 96 valence electrons. The first-order chi connectivity index (χ1) is 8.58. The SMILES string of the molecule is CC(=O)OC(=C1CCCC1)c1ccc(O)c(O)c1. The quantitative estimate of drug-likeness (QED) is 0.479. The van der Waals surface area contributed by atoms with Crippen LogP contribution >= 0.6 is 0 Å². The van der Waals surface area contributed by atoms with E-state index in [2.05, 4.69) is 0 Å². The molecule has 18 heavy (non-hydrogen) atoms. The highest BCUT2D eigenvalue weighted by atomic mass is 16.5. The van der Waals surface area contributed by atoms with Gasteiger partial charge in [-0.3, -0.25) is 4.79 Å². The first-order valence-electron chi connectivity index (χ1n) is 6.00. The van der Waals surface area contributed by atoms with E-state index in [9.17, 15) is 15.0 Å². The van der Waals surface area contributed by atoms with Gasteiger partial charge in [-0.25, -0.2) is 0 Å². The Balaban J connectivity index is 2.42. The molecule has 4 heteroatoms.